The Kier molecular flexibility index (Phi) is 11.7. The minimum atomic E-state index is -0.609. The van der Waals surface area contributed by atoms with Gasteiger partial charge in [-0.05, 0) is 134 Å². The Bertz CT molecular complexity index is 1270. The van der Waals surface area contributed by atoms with Gasteiger partial charge in [0.25, 0.3) is 0 Å². The Morgan fingerprint density at radius 3 is 2.16 bits per heavy atom. The molecule has 3 unspecified atom stereocenters. The van der Waals surface area contributed by atoms with Gasteiger partial charge in [0.2, 0.25) is 0 Å². The van der Waals surface area contributed by atoms with E-state index in [9.17, 15) is 14.7 Å². The predicted molar refractivity (Wildman–Crippen MR) is 206 cm³/mol. The van der Waals surface area contributed by atoms with Crippen LogP contribution in [0, 0.1) is 68.5 Å². The zero-order valence-electron chi connectivity index (χ0n) is 34.5. The van der Waals surface area contributed by atoms with Gasteiger partial charge in [-0.15, -0.1) is 0 Å². The molecule has 0 heterocycles. The molecular weight excluding hydrogens is 617 g/mol. The molecule has 4 fully saturated rings. The second-order valence-electron chi connectivity index (χ2n) is 20.1. The standard InChI is InChI=1S/C46H78O4/c1-12-16-18-33(14-3)30-46(49)29-26-42(9)36(41(46,7)8)23-24-44(11)37(42)21-20-35-38-32(6)31(5)22-25-45(38,28-27-43(35,44)10)40(48)50-39(47)34(15-4)19-17-13-2/h20,31-34,36-38,49H,12-19,21-30H2,1-11H3/t31-,32+,33?,34?,36?,37-,38+,42+,43-,44-,45+,46-/m1/s1. The van der Waals surface area contributed by atoms with Crippen LogP contribution >= 0.6 is 0 Å². The highest BCUT2D eigenvalue weighted by atomic mass is 16.6. The number of hydrogen-bond acceptors (Lipinski definition) is 4. The molecule has 0 saturated heterocycles. The Balaban J connectivity index is 1.47. The molecule has 0 aliphatic heterocycles. The average molecular weight is 695 g/mol. The average Bonchev–Trinajstić information content (AvgIpc) is 3.07. The third-order valence-corrected chi connectivity index (χ3v) is 17.9. The molecule has 5 aliphatic rings. The van der Waals surface area contributed by atoms with Gasteiger partial charge in [-0.25, -0.2) is 0 Å². The van der Waals surface area contributed by atoms with E-state index >= 15 is 0 Å². The van der Waals surface area contributed by atoms with Gasteiger partial charge in [-0.1, -0.05) is 126 Å². The number of unbranched alkanes of at least 4 members (excludes halogenated alkanes) is 2. The van der Waals surface area contributed by atoms with E-state index in [1.165, 1.54) is 37.7 Å². The molecule has 5 rings (SSSR count). The van der Waals surface area contributed by atoms with E-state index in [4.69, 9.17) is 4.74 Å². The number of rotatable bonds is 12. The normalized spacial score (nSPS) is 43.3. The number of aliphatic hydroxyl groups is 1. The van der Waals surface area contributed by atoms with Crippen LogP contribution in [0.15, 0.2) is 11.6 Å². The van der Waals surface area contributed by atoms with Crippen molar-refractivity contribution < 1.29 is 19.4 Å². The van der Waals surface area contributed by atoms with Gasteiger partial charge in [0.15, 0.2) is 0 Å². The molecule has 0 radical (unpaired) electrons. The summed E-state index contributed by atoms with van der Waals surface area (Å²) in [5.41, 5.74) is 0.480. The smallest absolute Gasteiger partial charge is 0.320 e. The van der Waals surface area contributed by atoms with E-state index in [0.717, 1.165) is 83.5 Å². The first-order valence-corrected chi connectivity index (χ1v) is 21.6. The largest absolute Gasteiger partial charge is 0.393 e. The van der Waals surface area contributed by atoms with Gasteiger partial charge < -0.3 is 9.84 Å². The van der Waals surface area contributed by atoms with Crippen molar-refractivity contribution in [2.75, 3.05) is 0 Å². The minimum absolute atomic E-state index is 0.00606. The molecule has 1 N–H and O–H groups in total. The first-order chi connectivity index (χ1) is 23.5. The van der Waals surface area contributed by atoms with Crippen molar-refractivity contribution in [2.45, 2.75) is 197 Å². The zero-order chi connectivity index (χ0) is 36.9. The number of fused-ring (bicyclic) bond motifs is 7. The minimum Gasteiger partial charge on any atom is -0.393 e. The molecule has 12 atom stereocenters. The molecule has 4 saturated carbocycles. The van der Waals surface area contributed by atoms with Crippen molar-refractivity contribution in [3.63, 3.8) is 0 Å². The molecule has 286 valence electrons. The first-order valence-electron chi connectivity index (χ1n) is 21.6. The van der Waals surface area contributed by atoms with Crippen molar-refractivity contribution >= 4 is 11.9 Å². The van der Waals surface area contributed by atoms with Crippen LogP contribution in [-0.4, -0.2) is 22.6 Å². The summed E-state index contributed by atoms with van der Waals surface area (Å²) < 4.78 is 5.99. The highest BCUT2D eigenvalue weighted by Gasteiger charge is 2.71. The summed E-state index contributed by atoms with van der Waals surface area (Å²) in [6.07, 6.45) is 21.1. The van der Waals surface area contributed by atoms with Gasteiger partial charge in [0, 0.05) is 0 Å². The van der Waals surface area contributed by atoms with Crippen molar-refractivity contribution in [3.8, 4) is 0 Å². The number of esters is 2. The van der Waals surface area contributed by atoms with Crippen molar-refractivity contribution in [2.24, 2.45) is 68.5 Å². The Hall–Kier alpha value is -1.16. The topological polar surface area (TPSA) is 63.6 Å². The van der Waals surface area contributed by atoms with Crippen LogP contribution in [-0.2, 0) is 14.3 Å². The van der Waals surface area contributed by atoms with Crippen molar-refractivity contribution in [1.29, 1.82) is 0 Å². The van der Waals surface area contributed by atoms with Gasteiger partial charge in [-0.3, -0.25) is 9.59 Å². The molecule has 5 aliphatic carbocycles. The fraction of sp³-hybridized carbons (Fsp3) is 0.913. The third kappa shape index (κ3) is 6.12. The maximum absolute atomic E-state index is 14.5. The molecule has 0 aromatic heterocycles. The molecule has 0 aromatic carbocycles. The highest BCUT2D eigenvalue weighted by Crippen LogP contribution is 2.76. The second kappa shape index (κ2) is 14.6. The van der Waals surface area contributed by atoms with E-state index < -0.39 is 11.0 Å². The van der Waals surface area contributed by atoms with Crippen molar-refractivity contribution in [3.05, 3.63) is 11.6 Å². The van der Waals surface area contributed by atoms with Crippen molar-refractivity contribution in [1.82, 2.24) is 0 Å². The van der Waals surface area contributed by atoms with E-state index in [0.29, 0.717) is 29.6 Å². The van der Waals surface area contributed by atoms with Gasteiger partial charge in [0.05, 0.1) is 16.9 Å². The Morgan fingerprint density at radius 1 is 0.840 bits per heavy atom. The van der Waals surface area contributed by atoms with Crippen LogP contribution in [0.3, 0.4) is 0 Å². The van der Waals surface area contributed by atoms with E-state index in [1.54, 1.807) is 0 Å². The van der Waals surface area contributed by atoms with Crippen LogP contribution < -0.4 is 0 Å². The lowest BCUT2D eigenvalue weighted by Gasteiger charge is -2.72. The number of carbonyl (C=O) groups is 2. The second-order valence-corrected chi connectivity index (χ2v) is 20.1. The maximum atomic E-state index is 14.5. The molecule has 50 heavy (non-hydrogen) atoms. The van der Waals surface area contributed by atoms with Crippen LogP contribution in [0.4, 0.5) is 0 Å². The highest BCUT2D eigenvalue weighted by molar-refractivity contribution is 5.90. The summed E-state index contributed by atoms with van der Waals surface area (Å²) in [5, 5.41) is 12.6. The monoisotopic (exact) mass is 695 g/mol. The lowest BCUT2D eigenvalue weighted by atomic mass is 9.32. The SMILES string of the molecule is CCCCC(CC)C[C@]1(O)CC[C@@]2(C)C(CC[C@]3(C)[C@@H]2CC=C2[C@@H]4[C@@H](C)[C@H](C)CC[C@]4(C(=O)OC(=O)C(CC)CCCC)CC[C@]23C)C1(C)C. The van der Waals surface area contributed by atoms with E-state index in [1.807, 2.05) is 6.92 Å². The van der Waals surface area contributed by atoms with Gasteiger partial charge >= 0.3 is 11.9 Å². The number of carbonyl (C=O) groups excluding carboxylic acids is 2. The van der Waals surface area contributed by atoms with Crippen LogP contribution in [0.25, 0.3) is 0 Å². The molecule has 0 aromatic rings. The Morgan fingerprint density at radius 2 is 1.52 bits per heavy atom. The fourth-order valence-corrected chi connectivity index (χ4v) is 13.9. The molecule has 0 spiro atoms. The quantitative estimate of drug-likeness (QED) is 0.125. The lowest BCUT2D eigenvalue weighted by molar-refractivity contribution is -0.240. The summed E-state index contributed by atoms with van der Waals surface area (Å²) >= 11 is 0. The molecular formula is C46H78O4. The number of allylic oxidation sites excluding steroid dienone is 2. The summed E-state index contributed by atoms with van der Waals surface area (Å²) in [7, 11) is 0. The summed E-state index contributed by atoms with van der Waals surface area (Å²) in [5.74, 6) is 1.99. The summed E-state index contributed by atoms with van der Waals surface area (Å²) in [6.45, 7) is 26.2. The zero-order valence-corrected chi connectivity index (χ0v) is 34.5. The lowest BCUT2D eigenvalue weighted by Crippen LogP contribution is -2.67. The summed E-state index contributed by atoms with van der Waals surface area (Å²) in [6, 6.07) is 0. The van der Waals surface area contributed by atoms with E-state index in [-0.39, 0.29) is 45.4 Å². The molecule has 4 nitrogen and oxygen atoms in total. The number of hydrogen-bond donors (Lipinski definition) is 1. The predicted octanol–water partition coefficient (Wildman–Crippen LogP) is 12.3. The van der Waals surface area contributed by atoms with Crippen LogP contribution in [0.5, 0.6) is 0 Å². The van der Waals surface area contributed by atoms with Crippen LogP contribution in [0.1, 0.15) is 192 Å². The fourth-order valence-electron chi connectivity index (χ4n) is 13.9. The van der Waals surface area contributed by atoms with E-state index in [2.05, 4.69) is 75.3 Å². The van der Waals surface area contributed by atoms with Gasteiger partial charge in [0.1, 0.15) is 0 Å². The molecule has 4 heteroatoms. The third-order valence-electron chi connectivity index (χ3n) is 17.9. The maximum Gasteiger partial charge on any atom is 0.320 e. The number of ether oxygens (including phenoxy) is 1. The Labute approximate surface area is 308 Å². The first kappa shape index (κ1) is 40.0. The molecule has 0 bridgehead atoms. The molecule has 0 amide bonds. The van der Waals surface area contributed by atoms with Gasteiger partial charge in [-0.2, -0.15) is 0 Å². The van der Waals surface area contributed by atoms with Crippen LogP contribution in [0.2, 0.25) is 0 Å². The summed E-state index contributed by atoms with van der Waals surface area (Å²) in [4.78, 5) is 27.9.